The van der Waals surface area contributed by atoms with Crippen molar-refractivity contribution in [1.29, 1.82) is 0 Å². The van der Waals surface area contributed by atoms with Crippen LogP contribution in [0.1, 0.15) is 65.4 Å². The Morgan fingerprint density at radius 3 is 2.12 bits per heavy atom. The number of nitrogens with zero attached hydrogens (tertiary/aromatic N) is 2. The third kappa shape index (κ3) is 8.72. The third-order valence-electron chi connectivity index (χ3n) is 4.36. The number of methoxy groups -OCH3 is 1. The molecule has 0 bridgehead atoms. The van der Waals surface area contributed by atoms with Gasteiger partial charge in [0.05, 0.1) is 39.8 Å². The number of nitrogens with one attached hydrogen (secondary N) is 1. The molecule has 8 heteroatoms. The zero-order chi connectivity index (χ0) is 26.6. The standard InChI is InChI=1S/C22H31N3O3S.C2H6O.C2H6/c1-9-17-19(29(8,26)27)12-16(22(24-17)28-10-2)21-15(7)11-18(23-14(5)6)20(25-21)13(3)4;1-3-2;1-2/h11-12,14,23H,3,9-10H2,1-2,4-8H3;1-2H3;1-2H3. The molecule has 0 atom stereocenters. The van der Waals surface area contributed by atoms with E-state index in [1.807, 2.05) is 47.6 Å². The van der Waals surface area contributed by atoms with Gasteiger partial charge in [-0.25, -0.2) is 18.4 Å². The highest BCUT2D eigenvalue weighted by Crippen LogP contribution is 2.36. The minimum atomic E-state index is -3.45. The SMILES string of the molecule is C=C(C)c1nc(-c2cc(S(C)(=O)=O)c(CC)nc2OCC)c(C)cc1NC(C)C.CC.COC. The van der Waals surface area contributed by atoms with Crippen molar-refractivity contribution in [1.82, 2.24) is 9.97 Å². The molecule has 0 spiro atoms. The lowest BCUT2D eigenvalue weighted by Gasteiger charge is -2.19. The second-order valence-electron chi connectivity index (χ2n) is 7.88. The van der Waals surface area contributed by atoms with E-state index in [2.05, 4.69) is 35.5 Å². The maximum absolute atomic E-state index is 12.4. The molecule has 2 heterocycles. The molecule has 7 nitrogen and oxygen atoms in total. The smallest absolute Gasteiger partial charge is 0.223 e. The summed E-state index contributed by atoms with van der Waals surface area (Å²) in [4.78, 5) is 9.58. The van der Waals surface area contributed by atoms with Crippen LogP contribution in [-0.4, -0.2) is 51.5 Å². The van der Waals surface area contributed by atoms with E-state index in [0.717, 1.165) is 22.5 Å². The second kappa shape index (κ2) is 14.7. The van der Waals surface area contributed by atoms with E-state index in [0.29, 0.717) is 35.9 Å². The van der Waals surface area contributed by atoms with Gasteiger partial charge in [0.2, 0.25) is 5.88 Å². The van der Waals surface area contributed by atoms with Crippen LogP contribution in [0, 0.1) is 6.92 Å². The number of rotatable bonds is 8. The van der Waals surface area contributed by atoms with Crippen LogP contribution in [0.5, 0.6) is 5.88 Å². The number of pyridine rings is 2. The summed E-state index contributed by atoms with van der Waals surface area (Å²) in [5.74, 6) is 0.393. The van der Waals surface area contributed by atoms with E-state index in [-0.39, 0.29) is 10.9 Å². The van der Waals surface area contributed by atoms with Crippen LogP contribution in [0.15, 0.2) is 23.6 Å². The van der Waals surface area contributed by atoms with Crippen molar-refractivity contribution in [2.24, 2.45) is 0 Å². The van der Waals surface area contributed by atoms with Crippen molar-refractivity contribution >= 4 is 21.1 Å². The largest absolute Gasteiger partial charge is 0.477 e. The molecule has 0 aliphatic carbocycles. The average Bonchev–Trinajstić information content (AvgIpc) is 2.74. The number of hydrogen-bond acceptors (Lipinski definition) is 7. The first-order valence-electron chi connectivity index (χ1n) is 11.6. The molecule has 1 N–H and O–H groups in total. The van der Waals surface area contributed by atoms with Gasteiger partial charge in [0.25, 0.3) is 0 Å². The molecule has 0 amide bonds. The van der Waals surface area contributed by atoms with E-state index in [1.165, 1.54) is 6.26 Å². The fraction of sp³-hybridized carbons (Fsp3) is 0.538. The van der Waals surface area contributed by atoms with Crippen LogP contribution < -0.4 is 10.1 Å². The maximum atomic E-state index is 12.4. The molecule has 0 aliphatic rings. The maximum Gasteiger partial charge on any atom is 0.223 e. The summed E-state index contributed by atoms with van der Waals surface area (Å²) in [6, 6.07) is 3.89. The highest BCUT2D eigenvalue weighted by Gasteiger charge is 2.22. The van der Waals surface area contributed by atoms with E-state index in [9.17, 15) is 8.42 Å². The Morgan fingerprint density at radius 2 is 1.71 bits per heavy atom. The molecular weight excluding hydrogens is 450 g/mol. The molecular formula is C26H43N3O4S. The van der Waals surface area contributed by atoms with Gasteiger partial charge in [-0.05, 0) is 64.3 Å². The fourth-order valence-corrected chi connectivity index (χ4v) is 4.09. The monoisotopic (exact) mass is 493 g/mol. The zero-order valence-electron chi connectivity index (χ0n) is 22.8. The quantitative estimate of drug-likeness (QED) is 0.485. The molecule has 0 fully saturated rings. The summed E-state index contributed by atoms with van der Waals surface area (Å²) < 4.78 is 34.8. The van der Waals surface area contributed by atoms with Gasteiger partial charge in [-0.2, -0.15) is 0 Å². The molecule has 0 saturated carbocycles. The molecule has 192 valence electrons. The van der Waals surface area contributed by atoms with E-state index in [4.69, 9.17) is 9.72 Å². The van der Waals surface area contributed by atoms with E-state index in [1.54, 1.807) is 20.3 Å². The molecule has 0 radical (unpaired) electrons. The second-order valence-corrected chi connectivity index (χ2v) is 9.87. The van der Waals surface area contributed by atoms with Crippen LogP contribution >= 0.6 is 0 Å². The summed E-state index contributed by atoms with van der Waals surface area (Å²) in [7, 11) is -0.197. The van der Waals surface area contributed by atoms with Crippen molar-refractivity contribution in [2.45, 2.75) is 72.7 Å². The Hall–Kier alpha value is -2.45. The van der Waals surface area contributed by atoms with E-state index < -0.39 is 9.84 Å². The van der Waals surface area contributed by atoms with Crippen molar-refractivity contribution in [3.05, 3.63) is 35.7 Å². The van der Waals surface area contributed by atoms with Crippen LogP contribution in [-0.2, 0) is 21.0 Å². The van der Waals surface area contributed by atoms with Crippen molar-refractivity contribution in [2.75, 3.05) is 32.4 Å². The molecule has 2 rings (SSSR count). The minimum Gasteiger partial charge on any atom is -0.477 e. The molecule has 0 unspecified atom stereocenters. The van der Waals surface area contributed by atoms with Crippen LogP contribution in [0.2, 0.25) is 0 Å². The van der Waals surface area contributed by atoms with Crippen molar-refractivity contribution < 1.29 is 17.9 Å². The van der Waals surface area contributed by atoms with Gasteiger partial charge in [-0.1, -0.05) is 27.4 Å². The van der Waals surface area contributed by atoms with Gasteiger partial charge < -0.3 is 14.8 Å². The average molecular weight is 494 g/mol. The van der Waals surface area contributed by atoms with Gasteiger partial charge in [0.15, 0.2) is 9.84 Å². The van der Waals surface area contributed by atoms with Gasteiger partial charge in [0, 0.05) is 26.5 Å². The van der Waals surface area contributed by atoms with Crippen LogP contribution in [0.3, 0.4) is 0 Å². The van der Waals surface area contributed by atoms with Gasteiger partial charge >= 0.3 is 0 Å². The Kier molecular flexibility index (Phi) is 13.7. The lowest BCUT2D eigenvalue weighted by atomic mass is 10.0. The molecule has 2 aromatic heterocycles. The Balaban J connectivity index is 0.00000201. The minimum absolute atomic E-state index is 0.209. The topological polar surface area (TPSA) is 90.4 Å². The first-order valence-corrected chi connectivity index (χ1v) is 13.5. The first kappa shape index (κ1) is 31.6. The number of hydrogen-bond donors (Lipinski definition) is 1. The molecule has 0 aliphatic heterocycles. The summed E-state index contributed by atoms with van der Waals surface area (Å²) >= 11 is 0. The molecule has 2 aromatic rings. The summed E-state index contributed by atoms with van der Waals surface area (Å²) in [6.45, 7) is 20.2. The molecule has 0 saturated heterocycles. The van der Waals surface area contributed by atoms with Crippen molar-refractivity contribution in [3.63, 3.8) is 0 Å². The molecule has 34 heavy (non-hydrogen) atoms. The lowest BCUT2D eigenvalue weighted by molar-refractivity contribution is 0.277. The predicted octanol–water partition coefficient (Wildman–Crippen LogP) is 5.96. The Morgan fingerprint density at radius 1 is 1.15 bits per heavy atom. The number of ether oxygens (including phenoxy) is 2. The molecule has 0 aromatic carbocycles. The van der Waals surface area contributed by atoms with E-state index >= 15 is 0 Å². The summed E-state index contributed by atoms with van der Waals surface area (Å²) in [5.41, 5.74) is 5.05. The Bertz CT molecular complexity index is 1050. The number of aromatic nitrogens is 2. The number of sulfone groups is 1. The zero-order valence-corrected chi connectivity index (χ0v) is 23.6. The van der Waals surface area contributed by atoms with Gasteiger partial charge in [-0.3, -0.25) is 0 Å². The third-order valence-corrected chi connectivity index (χ3v) is 5.51. The van der Waals surface area contributed by atoms with Crippen LogP contribution in [0.4, 0.5) is 5.69 Å². The van der Waals surface area contributed by atoms with Crippen molar-refractivity contribution in [3.8, 4) is 17.1 Å². The summed E-state index contributed by atoms with van der Waals surface area (Å²) in [5, 5.41) is 3.40. The fourth-order valence-electron chi connectivity index (χ4n) is 3.14. The predicted molar refractivity (Wildman–Crippen MR) is 144 cm³/mol. The first-order chi connectivity index (χ1) is 15.9. The van der Waals surface area contributed by atoms with Gasteiger partial charge in [-0.15, -0.1) is 0 Å². The highest BCUT2D eigenvalue weighted by molar-refractivity contribution is 7.90. The van der Waals surface area contributed by atoms with Gasteiger partial charge in [0.1, 0.15) is 0 Å². The number of allylic oxidation sites excluding steroid dienone is 1. The normalized spacial score (nSPS) is 10.6. The van der Waals surface area contributed by atoms with Crippen LogP contribution in [0.25, 0.3) is 16.8 Å². The Labute approximate surface area is 206 Å². The number of aryl methyl sites for hydroxylation is 2. The lowest BCUT2D eigenvalue weighted by Crippen LogP contribution is -2.13. The summed E-state index contributed by atoms with van der Waals surface area (Å²) in [6.07, 6.45) is 1.69. The number of anilines is 1. The highest BCUT2D eigenvalue weighted by atomic mass is 32.2.